The first-order chi connectivity index (χ1) is 12.7. The molecule has 1 amide bonds. The Labute approximate surface area is 167 Å². The third-order valence-electron chi connectivity index (χ3n) is 6.83. The van der Waals surface area contributed by atoms with E-state index < -0.39 is 27.3 Å². The maximum atomic E-state index is 13.4. The molecule has 1 aromatic carbocycles. The van der Waals surface area contributed by atoms with E-state index in [1.807, 2.05) is 25.7 Å². The number of carbonyl (C=O) groups excluding carboxylic acids is 1. The van der Waals surface area contributed by atoms with Gasteiger partial charge in [0.2, 0.25) is 15.9 Å². The first kappa shape index (κ1) is 21.2. The lowest BCUT2D eigenvalue weighted by molar-refractivity contribution is -0.169. The number of fused-ring (bicyclic) bond motifs is 2. The summed E-state index contributed by atoms with van der Waals surface area (Å²) < 4.78 is 41.4. The van der Waals surface area contributed by atoms with E-state index in [1.165, 1.54) is 12.1 Å². The molecule has 4 atom stereocenters. The van der Waals surface area contributed by atoms with Crippen LogP contribution in [0.2, 0.25) is 0 Å². The molecule has 2 heterocycles. The quantitative estimate of drug-likeness (QED) is 0.827. The second-order valence-electron chi connectivity index (χ2n) is 9.97. The Morgan fingerprint density at radius 1 is 1.25 bits per heavy atom. The third-order valence-corrected chi connectivity index (χ3v) is 8.27. The molecule has 1 unspecified atom stereocenters. The molecule has 3 fully saturated rings. The van der Waals surface area contributed by atoms with E-state index in [4.69, 9.17) is 0 Å². The minimum absolute atomic E-state index is 0.0494. The fourth-order valence-electron chi connectivity index (χ4n) is 4.70. The van der Waals surface area contributed by atoms with Crippen molar-refractivity contribution in [3.63, 3.8) is 0 Å². The van der Waals surface area contributed by atoms with Crippen molar-refractivity contribution in [1.82, 2.24) is 9.62 Å². The lowest BCUT2D eigenvalue weighted by Crippen LogP contribution is -2.68. The highest BCUT2D eigenvalue weighted by Crippen LogP contribution is 2.57. The van der Waals surface area contributed by atoms with Crippen LogP contribution in [0.25, 0.3) is 0 Å². The molecule has 2 aliphatic heterocycles. The lowest BCUT2D eigenvalue weighted by atomic mass is 9.50. The molecule has 156 valence electrons. The zero-order valence-corrected chi connectivity index (χ0v) is 18.3. The van der Waals surface area contributed by atoms with Gasteiger partial charge in [-0.2, -0.15) is 4.72 Å². The SMILES string of the molecule is C[C@@H]1[C@@H]2CC(CN1C(=O)[C@@H](NS(=O)(=O)c1ccc(F)cc1)C(C)(C)C)C2(C)C. The topological polar surface area (TPSA) is 66.5 Å². The Morgan fingerprint density at radius 3 is 2.29 bits per heavy atom. The molecule has 3 aliphatic rings. The van der Waals surface area contributed by atoms with Crippen LogP contribution in [0.4, 0.5) is 4.39 Å². The molecule has 1 aromatic rings. The van der Waals surface area contributed by atoms with E-state index in [-0.39, 0.29) is 22.3 Å². The molecule has 2 saturated heterocycles. The molecule has 1 N–H and O–H groups in total. The zero-order chi connectivity index (χ0) is 21.1. The molecule has 4 rings (SSSR count). The van der Waals surface area contributed by atoms with Crippen LogP contribution < -0.4 is 4.72 Å². The number of halogens is 1. The van der Waals surface area contributed by atoms with Gasteiger partial charge in [0.1, 0.15) is 11.9 Å². The average molecular weight is 411 g/mol. The Balaban J connectivity index is 1.85. The minimum Gasteiger partial charge on any atom is -0.338 e. The first-order valence-corrected chi connectivity index (χ1v) is 11.3. The molecule has 1 aliphatic carbocycles. The summed E-state index contributed by atoms with van der Waals surface area (Å²) in [5, 5.41) is 0. The maximum Gasteiger partial charge on any atom is 0.241 e. The van der Waals surface area contributed by atoms with Gasteiger partial charge in [-0.05, 0) is 60.3 Å². The Morgan fingerprint density at radius 2 is 1.82 bits per heavy atom. The average Bonchev–Trinajstić information content (AvgIpc) is 2.58. The number of benzene rings is 1. The highest BCUT2D eigenvalue weighted by molar-refractivity contribution is 7.89. The maximum absolute atomic E-state index is 13.4. The van der Waals surface area contributed by atoms with Gasteiger partial charge in [0.25, 0.3) is 0 Å². The molecular weight excluding hydrogens is 379 g/mol. The molecular formula is C21H31FN2O3S. The number of hydrogen-bond acceptors (Lipinski definition) is 3. The fourth-order valence-corrected chi connectivity index (χ4v) is 6.09. The highest BCUT2D eigenvalue weighted by atomic mass is 32.2. The van der Waals surface area contributed by atoms with Crippen LogP contribution >= 0.6 is 0 Å². The van der Waals surface area contributed by atoms with Crippen LogP contribution in [0, 0.1) is 28.5 Å². The highest BCUT2D eigenvalue weighted by Gasteiger charge is 2.57. The number of carbonyl (C=O) groups is 1. The predicted octanol–water partition coefficient (Wildman–Crippen LogP) is 3.41. The standard InChI is InChI=1S/C21H31FN2O3S/c1-13-17-11-14(21(17,5)6)12-24(13)19(25)18(20(2,3)4)23-28(26,27)16-9-7-15(22)8-10-16/h7-10,13-14,17-18,23H,11-12H2,1-6H3/t13-,14?,17+,18-/m1/s1. The monoisotopic (exact) mass is 410 g/mol. The third kappa shape index (κ3) is 3.59. The van der Waals surface area contributed by atoms with Crippen molar-refractivity contribution >= 4 is 15.9 Å². The van der Waals surface area contributed by atoms with Gasteiger partial charge < -0.3 is 4.90 Å². The van der Waals surface area contributed by atoms with Gasteiger partial charge in [0.15, 0.2) is 0 Å². The Hall–Kier alpha value is -1.47. The van der Waals surface area contributed by atoms with Gasteiger partial charge in [-0.15, -0.1) is 0 Å². The molecule has 0 radical (unpaired) electrons. The number of rotatable bonds is 4. The number of nitrogens with one attached hydrogen (secondary N) is 1. The molecule has 28 heavy (non-hydrogen) atoms. The van der Waals surface area contributed by atoms with Gasteiger partial charge in [0.05, 0.1) is 4.90 Å². The van der Waals surface area contributed by atoms with E-state index in [9.17, 15) is 17.6 Å². The van der Waals surface area contributed by atoms with Crippen LogP contribution in [0.3, 0.4) is 0 Å². The number of piperidine rings is 2. The van der Waals surface area contributed by atoms with Crippen LogP contribution in [0.1, 0.15) is 48.0 Å². The molecule has 2 bridgehead atoms. The van der Waals surface area contributed by atoms with Crippen molar-refractivity contribution in [2.24, 2.45) is 22.7 Å². The van der Waals surface area contributed by atoms with Crippen molar-refractivity contribution in [3.05, 3.63) is 30.1 Å². The van der Waals surface area contributed by atoms with Crippen LogP contribution in [-0.4, -0.2) is 37.9 Å². The predicted molar refractivity (Wildman–Crippen MR) is 107 cm³/mol. The van der Waals surface area contributed by atoms with Crippen molar-refractivity contribution in [3.8, 4) is 0 Å². The zero-order valence-electron chi connectivity index (χ0n) is 17.5. The summed E-state index contributed by atoms with van der Waals surface area (Å²) in [6.07, 6.45) is 1.12. The van der Waals surface area contributed by atoms with E-state index in [1.54, 1.807) is 0 Å². The summed E-state index contributed by atoms with van der Waals surface area (Å²) in [6, 6.07) is 3.81. The van der Waals surface area contributed by atoms with Crippen LogP contribution in [0.5, 0.6) is 0 Å². The summed E-state index contributed by atoms with van der Waals surface area (Å²) >= 11 is 0. The van der Waals surface area contributed by atoms with E-state index in [2.05, 4.69) is 25.5 Å². The molecule has 5 nitrogen and oxygen atoms in total. The van der Waals surface area contributed by atoms with E-state index in [0.717, 1.165) is 18.6 Å². The molecule has 1 saturated carbocycles. The van der Waals surface area contributed by atoms with Gasteiger partial charge >= 0.3 is 0 Å². The Kier molecular flexibility index (Phi) is 5.16. The number of hydrogen-bond donors (Lipinski definition) is 1. The van der Waals surface area contributed by atoms with Crippen molar-refractivity contribution in [2.75, 3.05) is 6.54 Å². The van der Waals surface area contributed by atoms with E-state index in [0.29, 0.717) is 18.4 Å². The number of amides is 1. The number of nitrogens with zero attached hydrogens (tertiary/aromatic N) is 1. The summed E-state index contributed by atoms with van der Waals surface area (Å²) in [4.78, 5) is 15.2. The normalized spacial score (nSPS) is 27.8. The van der Waals surface area contributed by atoms with Gasteiger partial charge in [-0.25, -0.2) is 12.8 Å². The Bertz CT molecular complexity index is 859. The van der Waals surface area contributed by atoms with Gasteiger partial charge in [0, 0.05) is 12.6 Å². The van der Waals surface area contributed by atoms with Crippen LogP contribution in [-0.2, 0) is 14.8 Å². The molecule has 0 aromatic heterocycles. The number of sulfonamides is 1. The lowest BCUT2D eigenvalue weighted by Gasteiger charge is -2.63. The molecule has 0 spiro atoms. The minimum atomic E-state index is -3.95. The summed E-state index contributed by atoms with van der Waals surface area (Å²) in [7, 11) is -3.95. The van der Waals surface area contributed by atoms with Crippen LogP contribution in [0.15, 0.2) is 29.2 Å². The molecule has 7 heteroatoms. The summed E-state index contributed by atoms with van der Waals surface area (Å²) in [5.74, 6) is 0.193. The van der Waals surface area contributed by atoms with Crippen molar-refractivity contribution in [1.29, 1.82) is 0 Å². The first-order valence-electron chi connectivity index (χ1n) is 9.83. The van der Waals surface area contributed by atoms with Gasteiger partial charge in [-0.1, -0.05) is 34.6 Å². The second kappa shape index (κ2) is 6.80. The van der Waals surface area contributed by atoms with E-state index >= 15 is 0 Å². The fraction of sp³-hybridized carbons (Fsp3) is 0.667. The summed E-state index contributed by atoms with van der Waals surface area (Å²) in [5.41, 5.74) is -0.387. The smallest absolute Gasteiger partial charge is 0.241 e. The van der Waals surface area contributed by atoms with Crippen molar-refractivity contribution in [2.45, 2.75) is 64.9 Å². The second-order valence-corrected chi connectivity index (χ2v) is 11.7. The largest absolute Gasteiger partial charge is 0.338 e. The van der Waals surface area contributed by atoms with Gasteiger partial charge in [-0.3, -0.25) is 4.79 Å². The van der Waals surface area contributed by atoms with Crippen molar-refractivity contribution < 1.29 is 17.6 Å². The summed E-state index contributed by atoms with van der Waals surface area (Å²) in [6.45, 7) is 12.8.